The number of hydrogen-bond acceptors (Lipinski definition) is 3. The molecule has 146 valence electrons. The van der Waals surface area contributed by atoms with E-state index in [2.05, 4.69) is 20.7 Å². The van der Waals surface area contributed by atoms with Crippen LogP contribution in [0.4, 0.5) is 0 Å². The molecule has 1 heterocycles. The molecule has 2 aromatic carbocycles. The first-order valence-electron chi connectivity index (χ1n) is 9.09. The Labute approximate surface area is 169 Å². The molecule has 1 atom stereocenters. The van der Waals surface area contributed by atoms with Gasteiger partial charge in [-0.15, -0.1) is 0 Å². The fourth-order valence-electron chi connectivity index (χ4n) is 2.83. The van der Waals surface area contributed by atoms with Crippen LogP contribution in [0.3, 0.4) is 0 Å². The van der Waals surface area contributed by atoms with Crippen LogP contribution in [0.1, 0.15) is 17.0 Å². The number of benzene rings is 2. The van der Waals surface area contributed by atoms with E-state index in [1.54, 1.807) is 11.7 Å². The molecule has 0 bridgehead atoms. The number of aromatic nitrogens is 2. The third kappa shape index (κ3) is 5.34. The number of hydrogen-bond donors (Lipinski definition) is 3. The predicted molar refractivity (Wildman–Crippen MR) is 113 cm³/mol. The first-order valence-corrected chi connectivity index (χ1v) is 9.47. The van der Waals surface area contributed by atoms with Gasteiger partial charge in [-0.2, -0.15) is 5.10 Å². The summed E-state index contributed by atoms with van der Waals surface area (Å²) in [5, 5.41) is 21.3. The first-order chi connectivity index (χ1) is 13.7. The molecule has 1 aromatic heterocycles. The van der Waals surface area contributed by atoms with E-state index in [4.69, 9.17) is 11.6 Å². The zero-order valence-electron chi connectivity index (χ0n) is 15.7. The Bertz CT molecular complexity index is 893. The molecule has 7 heteroatoms. The highest BCUT2D eigenvalue weighted by Crippen LogP contribution is 2.14. The second-order valence-corrected chi connectivity index (χ2v) is 6.80. The van der Waals surface area contributed by atoms with Crippen molar-refractivity contribution in [3.63, 3.8) is 0 Å². The molecule has 0 amide bonds. The van der Waals surface area contributed by atoms with Gasteiger partial charge in [0.15, 0.2) is 5.96 Å². The molecule has 6 nitrogen and oxygen atoms in total. The number of aliphatic imine (C=N–C) groups is 1. The molecule has 28 heavy (non-hydrogen) atoms. The lowest BCUT2D eigenvalue weighted by atomic mass is 10.0. The van der Waals surface area contributed by atoms with Gasteiger partial charge in [0.2, 0.25) is 0 Å². The van der Waals surface area contributed by atoms with Crippen LogP contribution in [0.5, 0.6) is 0 Å². The third-order valence-electron chi connectivity index (χ3n) is 4.42. The molecule has 0 aliphatic heterocycles. The van der Waals surface area contributed by atoms with Gasteiger partial charge in [-0.1, -0.05) is 41.9 Å². The first kappa shape index (κ1) is 19.9. The van der Waals surface area contributed by atoms with Gasteiger partial charge in [-0.3, -0.25) is 4.99 Å². The lowest BCUT2D eigenvalue weighted by molar-refractivity contribution is 0.265. The molecule has 3 aromatic rings. The second kappa shape index (κ2) is 9.92. The van der Waals surface area contributed by atoms with Crippen LogP contribution in [-0.4, -0.2) is 41.0 Å². The summed E-state index contributed by atoms with van der Waals surface area (Å²) in [6.45, 7) is 1.24. The molecule has 0 aliphatic carbocycles. The van der Waals surface area contributed by atoms with Crippen LogP contribution in [0.2, 0.25) is 5.02 Å². The Balaban J connectivity index is 1.53. The van der Waals surface area contributed by atoms with Crippen molar-refractivity contribution in [3.05, 3.63) is 83.1 Å². The van der Waals surface area contributed by atoms with E-state index < -0.39 is 0 Å². The van der Waals surface area contributed by atoms with Gasteiger partial charge in [0.05, 0.1) is 18.5 Å². The minimum Gasteiger partial charge on any atom is -0.396 e. The maximum absolute atomic E-state index is 9.68. The molecule has 0 radical (unpaired) electrons. The summed E-state index contributed by atoms with van der Waals surface area (Å²) in [7, 11) is 1.73. The van der Waals surface area contributed by atoms with Gasteiger partial charge in [0.1, 0.15) is 0 Å². The number of halogens is 1. The molecule has 3 rings (SSSR count). The summed E-state index contributed by atoms with van der Waals surface area (Å²) in [6, 6.07) is 17.5. The second-order valence-electron chi connectivity index (χ2n) is 6.37. The lowest BCUT2D eigenvalue weighted by Gasteiger charge is -2.18. The Morgan fingerprint density at radius 1 is 1.14 bits per heavy atom. The van der Waals surface area contributed by atoms with E-state index in [1.165, 1.54) is 0 Å². The zero-order valence-corrected chi connectivity index (χ0v) is 16.5. The van der Waals surface area contributed by atoms with Crippen molar-refractivity contribution in [2.45, 2.75) is 12.5 Å². The van der Waals surface area contributed by atoms with Crippen molar-refractivity contribution in [2.24, 2.45) is 4.99 Å². The molecular formula is C21H24ClN5O. The molecule has 0 fully saturated rings. The topological polar surface area (TPSA) is 74.5 Å². The average molecular weight is 398 g/mol. The van der Waals surface area contributed by atoms with Crippen LogP contribution < -0.4 is 10.6 Å². The van der Waals surface area contributed by atoms with Crippen molar-refractivity contribution in [3.8, 4) is 5.69 Å². The fourth-order valence-corrected chi connectivity index (χ4v) is 2.95. The number of guanidine groups is 1. The number of nitrogens with one attached hydrogen (secondary N) is 2. The van der Waals surface area contributed by atoms with Gasteiger partial charge in [-0.25, -0.2) is 4.68 Å². The van der Waals surface area contributed by atoms with E-state index in [9.17, 15) is 5.11 Å². The lowest BCUT2D eigenvalue weighted by Crippen LogP contribution is -2.39. The van der Waals surface area contributed by atoms with Crippen LogP contribution in [-0.2, 0) is 6.54 Å². The van der Waals surface area contributed by atoms with Gasteiger partial charge in [0.25, 0.3) is 0 Å². The van der Waals surface area contributed by atoms with E-state index in [0.717, 1.165) is 16.8 Å². The summed E-state index contributed by atoms with van der Waals surface area (Å²) >= 11 is 5.93. The Morgan fingerprint density at radius 3 is 2.57 bits per heavy atom. The highest BCUT2D eigenvalue weighted by molar-refractivity contribution is 6.30. The van der Waals surface area contributed by atoms with E-state index >= 15 is 0 Å². The van der Waals surface area contributed by atoms with Gasteiger partial charge < -0.3 is 15.7 Å². The highest BCUT2D eigenvalue weighted by atomic mass is 35.5. The highest BCUT2D eigenvalue weighted by Gasteiger charge is 2.11. The van der Waals surface area contributed by atoms with Gasteiger partial charge in [0, 0.05) is 42.8 Å². The summed E-state index contributed by atoms with van der Waals surface area (Å²) in [6.07, 6.45) is 3.78. The Kier molecular flexibility index (Phi) is 7.06. The molecule has 0 saturated heterocycles. The fraction of sp³-hybridized carbons (Fsp3) is 0.238. The third-order valence-corrected chi connectivity index (χ3v) is 4.67. The molecule has 3 N–H and O–H groups in total. The summed E-state index contributed by atoms with van der Waals surface area (Å²) in [4.78, 5) is 4.25. The van der Waals surface area contributed by atoms with Crippen molar-refractivity contribution in [1.29, 1.82) is 0 Å². The minimum atomic E-state index is 0.00686. The largest absolute Gasteiger partial charge is 0.396 e. The van der Waals surface area contributed by atoms with Crippen molar-refractivity contribution < 1.29 is 5.11 Å². The van der Waals surface area contributed by atoms with Crippen LogP contribution in [0, 0.1) is 0 Å². The van der Waals surface area contributed by atoms with Crippen LogP contribution in [0.15, 0.2) is 72.0 Å². The Morgan fingerprint density at radius 2 is 1.89 bits per heavy atom. The number of rotatable bonds is 7. The molecule has 0 spiro atoms. The molecule has 0 aliphatic rings. The Hall–Kier alpha value is -2.83. The number of aliphatic hydroxyl groups excluding tert-OH is 1. The van der Waals surface area contributed by atoms with E-state index in [-0.39, 0.29) is 12.5 Å². The monoisotopic (exact) mass is 397 g/mol. The van der Waals surface area contributed by atoms with Crippen LogP contribution in [0.25, 0.3) is 5.69 Å². The molecule has 1 unspecified atom stereocenters. The van der Waals surface area contributed by atoms with Gasteiger partial charge >= 0.3 is 0 Å². The maximum atomic E-state index is 9.68. The van der Waals surface area contributed by atoms with Crippen LogP contribution >= 0.6 is 11.6 Å². The van der Waals surface area contributed by atoms with E-state index in [1.807, 2.05) is 67.0 Å². The predicted octanol–water partition coefficient (Wildman–Crippen LogP) is 2.97. The number of nitrogens with zero attached hydrogens (tertiary/aromatic N) is 3. The average Bonchev–Trinajstić information content (AvgIpc) is 3.21. The molecule has 0 saturated carbocycles. The molecular weight excluding hydrogens is 374 g/mol. The minimum absolute atomic E-state index is 0.00686. The van der Waals surface area contributed by atoms with Crippen molar-refractivity contribution in [2.75, 3.05) is 20.2 Å². The smallest absolute Gasteiger partial charge is 0.191 e. The normalized spacial score (nSPS) is 12.6. The number of aliphatic hydroxyl groups is 1. The van der Waals surface area contributed by atoms with Crippen molar-refractivity contribution >= 4 is 17.6 Å². The van der Waals surface area contributed by atoms with E-state index in [0.29, 0.717) is 24.1 Å². The zero-order chi connectivity index (χ0) is 19.8. The van der Waals surface area contributed by atoms with Gasteiger partial charge in [-0.05, 0) is 29.8 Å². The van der Waals surface area contributed by atoms with Crippen molar-refractivity contribution in [1.82, 2.24) is 20.4 Å². The summed E-state index contributed by atoms with van der Waals surface area (Å²) in [5.41, 5.74) is 3.07. The standard InChI is InChI=1S/C21H24ClN5O/c1-23-21(25-13-18(15-28)17-5-3-2-4-6-17)24-11-16-12-26-27(14-16)20-9-7-19(22)8-10-20/h2-10,12,14,18,28H,11,13,15H2,1H3,(H2,23,24,25). The summed E-state index contributed by atoms with van der Waals surface area (Å²) < 4.78 is 1.81. The quantitative estimate of drug-likeness (QED) is 0.423. The maximum Gasteiger partial charge on any atom is 0.191 e. The SMILES string of the molecule is CN=C(NCc1cnn(-c2ccc(Cl)cc2)c1)NCC(CO)c1ccccc1. The summed E-state index contributed by atoms with van der Waals surface area (Å²) in [5.74, 6) is 0.682.